The van der Waals surface area contributed by atoms with Crippen LogP contribution in [0.4, 0.5) is 0 Å². The molecule has 2 unspecified atom stereocenters. The molecule has 1 aromatic heterocycles. The van der Waals surface area contributed by atoms with Crippen LogP contribution in [0.2, 0.25) is 0 Å². The monoisotopic (exact) mass is 225 g/mol. The van der Waals surface area contributed by atoms with Crippen molar-refractivity contribution in [2.45, 2.75) is 52.2 Å². The molecule has 1 heterocycles. The molecule has 0 saturated carbocycles. The van der Waals surface area contributed by atoms with E-state index in [2.05, 4.69) is 12.2 Å². The van der Waals surface area contributed by atoms with E-state index in [1.165, 1.54) is 0 Å². The molecule has 1 aromatic rings. The third-order valence-electron chi connectivity index (χ3n) is 2.77. The lowest BCUT2D eigenvalue weighted by Gasteiger charge is -2.24. The summed E-state index contributed by atoms with van der Waals surface area (Å²) < 4.78 is 5.53. The Kier molecular flexibility index (Phi) is 4.56. The van der Waals surface area contributed by atoms with Gasteiger partial charge in [0.1, 0.15) is 11.5 Å². The largest absolute Gasteiger partial charge is 0.465 e. The number of nitrogens with one attached hydrogen (secondary N) is 1. The van der Waals surface area contributed by atoms with Gasteiger partial charge >= 0.3 is 0 Å². The molecule has 0 aliphatic rings. The highest BCUT2D eigenvalue weighted by Gasteiger charge is 2.20. The highest BCUT2D eigenvalue weighted by molar-refractivity contribution is 5.08. The first-order valence-electron chi connectivity index (χ1n) is 5.97. The molecule has 0 aliphatic carbocycles. The van der Waals surface area contributed by atoms with Gasteiger partial charge in [-0.05, 0) is 39.3 Å². The maximum atomic E-state index is 10.0. The van der Waals surface area contributed by atoms with Crippen LogP contribution in [0.5, 0.6) is 0 Å². The zero-order chi connectivity index (χ0) is 12.2. The molecule has 0 spiro atoms. The van der Waals surface area contributed by atoms with Crippen LogP contribution in [0.25, 0.3) is 0 Å². The summed E-state index contributed by atoms with van der Waals surface area (Å²) in [5, 5.41) is 13.3. The molecule has 0 amide bonds. The molecule has 92 valence electrons. The van der Waals surface area contributed by atoms with Gasteiger partial charge in [-0.3, -0.25) is 0 Å². The molecule has 0 aliphatic heterocycles. The molecule has 2 atom stereocenters. The Balaban J connectivity index is 2.43. The van der Waals surface area contributed by atoms with E-state index in [4.69, 9.17) is 4.42 Å². The number of aliphatic hydroxyl groups is 1. The van der Waals surface area contributed by atoms with Crippen LogP contribution in [-0.4, -0.2) is 17.3 Å². The van der Waals surface area contributed by atoms with Gasteiger partial charge in [0.15, 0.2) is 0 Å². The molecule has 0 fully saturated rings. The van der Waals surface area contributed by atoms with Gasteiger partial charge in [0.05, 0.1) is 11.6 Å². The lowest BCUT2D eigenvalue weighted by atomic mass is 10.0. The van der Waals surface area contributed by atoms with Gasteiger partial charge in [0, 0.05) is 6.54 Å². The number of aryl methyl sites for hydroxylation is 1. The first kappa shape index (κ1) is 13.3. The number of furan rings is 1. The van der Waals surface area contributed by atoms with Crippen molar-refractivity contribution in [1.29, 1.82) is 0 Å². The van der Waals surface area contributed by atoms with Crippen molar-refractivity contribution < 1.29 is 9.52 Å². The topological polar surface area (TPSA) is 45.4 Å². The SMILES string of the molecule is CCCC(C)(O)CNC(C)c1ccc(C)o1. The lowest BCUT2D eigenvalue weighted by molar-refractivity contribution is 0.0470. The average Bonchev–Trinajstić information content (AvgIpc) is 2.61. The zero-order valence-corrected chi connectivity index (χ0v) is 10.7. The number of hydrogen-bond donors (Lipinski definition) is 2. The van der Waals surface area contributed by atoms with E-state index < -0.39 is 5.60 Å². The van der Waals surface area contributed by atoms with Crippen LogP contribution in [-0.2, 0) is 0 Å². The summed E-state index contributed by atoms with van der Waals surface area (Å²) in [7, 11) is 0. The van der Waals surface area contributed by atoms with Gasteiger partial charge in [-0.2, -0.15) is 0 Å². The summed E-state index contributed by atoms with van der Waals surface area (Å²) in [6, 6.07) is 4.07. The van der Waals surface area contributed by atoms with Crippen molar-refractivity contribution in [2.75, 3.05) is 6.54 Å². The van der Waals surface area contributed by atoms with Crippen molar-refractivity contribution in [3.63, 3.8) is 0 Å². The molecular weight excluding hydrogens is 202 g/mol. The smallest absolute Gasteiger partial charge is 0.120 e. The first-order chi connectivity index (χ1) is 7.44. The fraction of sp³-hybridized carbons (Fsp3) is 0.692. The molecular formula is C13H23NO2. The fourth-order valence-corrected chi connectivity index (χ4v) is 1.79. The van der Waals surface area contributed by atoms with Crippen LogP contribution in [0.1, 0.15) is 51.2 Å². The Morgan fingerprint density at radius 1 is 1.50 bits per heavy atom. The van der Waals surface area contributed by atoms with Crippen molar-refractivity contribution in [2.24, 2.45) is 0 Å². The molecule has 2 N–H and O–H groups in total. The maximum absolute atomic E-state index is 10.0. The lowest BCUT2D eigenvalue weighted by Crippen LogP contribution is -2.38. The summed E-state index contributed by atoms with van der Waals surface area (Å²) in [4.78, 5) is 0. The number of hydrogen-bond acceptors (Lipinski definition) is 3. The van der Waals surface area contributed by atoms with Crippen molar-refractivity contribution in [1.82, 2.24) is 5.32 Å². The van der Waals surface area contributed by atoms with Gasteiger partial charge < -0.3 is 14.8 Å². The molecule has 0 bridgehead atoms. The zero-order valence-electron chi connectivity index (χ0n) is 10.7. The molecule has 16 heavy (non-hydrogen) atoms. The van der Waals surface area contributed by atoms with Crippen LogP contribution < -0.4 is 5.32 Å². The van der Waals surface area contributed by atoms with Crippen molar-refractivity contribution >= 4 is 0 Å². The van der Waals surface area contributed by atoms with Crippen LogP contribution in [0.15, 0.2) is 16.5 Å². The highest BCUT2D eigenvalue weighted by Crippen LogP contribution is 2.17. The van der Waals surface area contributed by atoms with Gasteiger partial charge in [0.25, 0.3) is 0 Å². The highest BCUT2D eigenvalue weighted by atomic mass is 16.3. The Labute approximate surface area is 97.9 Å². The van der Waals surface area contributed by atoms with E-state index in [-0.39, 0.29) is 6.04 Å². The molecule has 3 nitrogen and oxygen atoms in total. The summed E-state index contributed by atoms with van der Waals surface area (Å²) in [6.07, 6.45) is 1.80. The normalized spacial score (nSPS) is 17.1. The standard InChI is InChI=1S/C13H23NO2/c1-5-8-13(4,15)9-14-11(3)12-7-6-10(2)16-12/h6-7,11,14-15H,5,8-9H2,1-4H3. The quantitative estimate of drug-likeness (QED) is 0.782. The minimum Gasteiger partial charge on any atom is -0.465 e. The first-order valence-corrected chi connectivity index (χ1v) is 5.97. The van der Waals surface area contributed by atoms with Crippen molar-refractivity contribution in [3.05, 3.63) is 23.7 Å². The van der Waals surface area contributed by atoms with Gasteiger partial charge in [0.2, 0.25) is 0 Å². The second kappa shape index (κ2) is 5.51. The summed E-state index contributed by atoms with van der Waals surface area (Å²) in [6.45, 7) is 8.50. The van der Waals surface area contributed by atoms with Gasteiger partial charge in [-0.1, -0.05) is 13.3 Å². The predicted octanol–water partition coefficient (Wildman–Crippen LogP) is 2.79. The third-order valence-corrected chi connectivity index (χ3v) is 2.77. The van der Waals surface area contributed by atoms with Gasteiger partial charge in [-0.15, -0.1) is 0 Å². The Bertz CT molecular complexity index is 317. The maximum Gasteiger partial charge on any atom is 0.120 e. The second-order valence-corrected chi connectivity index (χ2v) is 4.80. The summed E-state index contributed by atoms with van der Waals surface area (Å²) >= 11 is 0. The van der Waals surface area contributed by atoms with Crippen molar-refractivity contribution in [3.8, 4) is 0 Å². The van der Waals surface area contributed by atoms with E-state index in [0.717, 1.165) is 24.4 Å². The minimum atomic E-state index is -0.634. The van der Waals surface area contributed by atoms with Gasteiger partial charge in [-0.25, -0.2) is 0 Å². The van der Waals surface area contributed by atoms with E-state index >= 15 is 0 Å². The van der Waals surface area contributed by atoms with Crippen LogP contribution >= 0.6 is 0 Å². The Morgan fingerprint density at radius 2 is 2.19 bits per heavy atom. The number of rotatable bonds is 6. The van der Waals surface area contributed by atoms with E-state index in [1.54, 1.807) is 0 Å². The summed E-state index contributed by atoms with van der Waals surface area (Å²) in [5.41, 5.74) is -0.634. The molecule has 0 aromatic carbocycles. The third kappa shape index (κ3) is 3.99. The Morgan fingerprint density at radius 3 is 2.69 bits per heavy atom. The van der Waals surface area contributed by atoms with Crippen LogP contribution in [0, 0.1) is 6.92 Å². The van der Waals surface area contributed by atoms with E-state index in [0.29, 0.717) is 6.54 Å². The van der Waals surface area contributed by atoms with E-state index in [9.17, 15) is 5.11 Å². The molecule has 1 rings (SSSR count). The second-order valence-electron chi connectivity index (χ2n) is 4.80. The molecule has 0 saturated heterocycles. The minimum absolute atomic E-state index is 0.136. The Hall–Kier alpha value is -0.800. The summed E-state index contributed by atoms with van der Waals surface area (Å²) in [5.74, 6) is 1.84. The molecule has 0 radical (unpaired) electrons. The average molecular weight is 225 g/mol. The van der Waals surface area contributed by atoms with Crippen LogP contribution in [0.3, 0.4) is 0 Å². The predicted molar refractivity (Wildman–Crippen MR) is 65.4 cm³/mol. The fourth-order valence-electron chi connectivity index (χ4n) is 1.79. The molecule has 3 heteroatoms. The van der Waals surface area contributed by atoms with E-state index in [1.807, 2.05) is 32.9 Å².